The summed E-state index contributed by atoms with van der Waals surface area (Å²) in [6.45, 7) is 4.05. The van der Waals surface area contributed by atoms with Crippen molar-refractivity contribution in [3.63, 3.8) is 0 Å². The predicted octanol–water partition coefficient (Wildman–Crippen LogP) is 2.15. The molecule has 1 fully saturated rings. The fraction of sp³-hybridized carbons (Fsp3) is 0.500. The van der Waals surface area contributed by atoms with Crippen LogP contribution in [0.15, 0.2) is 30.3 Å². The molecule has 0 aromatic heterocycles. The lowest BCUT2D eigenvalue weighted by molar-refractivity contribution is -0.121. The van der Waals surface area contributed by atoms with Crippen LogP contribution in [0.25, 0.3) is 0 Å². The molecule has 2 N–H and O–H groups in total. The SMILES string of the molecule is C[C@H](NCC(=O)N[C@@](C)(C#N)C1CC1)c1ccccc1. The standard InChI is InChI=1S/C16H21N3O/c1-12(13-6-4-3-5-7-13)18-10-15(20)19-16(2,11-17)14-8-9-14/h3-7,12,14,18H,8-10H2,1-2H3,(H,19,20)/t12-,16-/m0/s1. The van der Waals surface area contributed by atoms with Gasteiger partial charge in [-0.3, -0.25) is 4.79 Å². The molecule has 0 heterocycles. The van der Waals surface area contributed by atoms with Crippen LogP contribution < -0.4 is 10.6 Å². The average molecular weight is 271 g/mol. The second-order valence-electron chi connectivity index (χ2n) is 5.65. The molecule has 4 nitrogen and oxygen atoms in total. The largest absolute Gasteiger partial charge is 0.337 e. The second-order valence-corrected chi connectivity index (χ2v) is 5.65. The number of rotatable bonds is 6. The molecule has 2 rings (SSSR count). The number of nitriles is 1. The lowest BCUT2D eigenvalue weighted by Crippen LogP contribution is -2.49. The Labute approximate surface area is 120 Å². The third-order valence-corrected chi connectivity index (χ3v) is 3.89. The van der Waals surface area contributed by atoms with E-state index in [9.17, 15) is 10.1 Å². The van der Waals surface area contributed by atoms with Gasteiger partial charge in [-0.15, -0.1) is 0 Å². The molecule has 1 amide bonds. The third-order valence-electron chi connectivity index (χ3n) is 3.89. The molecule has 1 aliphatic rings. The number of nitrogens with one attached hydrogen (secondary N) is 2. The minimum Gasteiger partial charge on any atom is -0.337 e. The Morgan fingerprint density at radius 2 is 2.10 bits per heavy atom. The molecular formula is C16H21N3O. The highest BCUT2D eigenvalue weighted by molar-refractivity contribution is 5.79. The van der Waals surface area contributed by atoms with Crippen molar-refractivity contribution in [2.75, 3.05) is 6.54 Å². The smallest absolute Gasteiger partial charge is 0.235 e. The molecule has 0 spiro atoms. The minimum atomic E-state index is -0.714. The van der Waals surface area contributed by atoms with E-state index in [2.05, 4.69) is 16.7 Å². The summed E-state index contributed by atoms with van der Waals surface area (Å²) < 4.78 is 0. The zero-order valence-corrected chi connectivity index (χ0v) is 12.0. The normalized spacial score (nSPS) is 18.6. The molecule has 0 unspecified atom stereocenters. The quantitative estimate of drug-likeness (QED) is 0.833. The number of hydrogen-bond acceptors (Lipinski definition) is 3. The number of benzene rings is 1. The molecule has 106 valence electrons. The van der Waals surface area contributed by atoms with E-state index in [0.29, 0.717) is 5.92 Å². The molecule has 2 atom stereocenters. The molecule has 0 saturated heterocycles. The van der Waals surface area contributed by atoms with Gasteiger partial charge < -0.3 is 10.6 Å². The summed E-state index contributed by atoms with van der Waals surface area (Å²) in [7, 11) is 0. The van der Waals surface area contributed by atoms with Crippen LogP contribution in [0, 0.1) is 17.2 Å². The lowest BCUT2D eigenvalue weighted by Gasteiger charge is -2.23. The first-order valence-corrected chi connectivity index (χ1v) is 7.06. The van der Waals surface area contributed by atoms with Crippen molar-refractivity contribution >= 4 is 5.91 Å². The van der Waals surface area contributed by atoms with Crippen molar-refractivity contribution in [3.05, 3.63) is 35.9 Å². The van der Waals surface area contributed by atoms with E-state index in [1.165, 1.54) is 0 Å². The Hall–Kier alpha value is -1.86. The van der Waals surface area contributed by atoms with Gasteiger partial charge in [-0.1, -0.05) is 30.3 Å². The highest BCUT2D eigenvalue weighted by atomic mass is 16.2. The highest BCUT2D eigenvalue weighted by Crippen LogP contribution is 2.39. The molecular weight excluding hydrogens is 250 g/mol. The van der Waals surface area contributed by atoms with E-state index in [4.69, 9.17) is 0 Å². The van der Waals surface area contributed by atoms with Crippen LogP contribution in [0.2, 0.25) is 0 Å². The zero-order chi connectivity index (χ0) is 14.6. The van der Waals surface area contributed by atoms with Crippen LogP contribution in [0.3, 0.4) is 0 Å². The van der Waals surface area contributed by atoms with E-state index >= 15 is 0 Å². The van der Waals surface area contributed by atoms with Crippen LogP contribution in [0.4, 0.5) is 0 Å². The first-order chi connectivity index (χ1) is 9.55. The Morgan fingerprint density at radius 1 is 1.45 bits per heavy atom. The van der Waals surface area contributed by atoms with Gasteiger partial charge in [0.05, 0.1) is 12.6 Å². The van der Waals surface area contributed by atoms with Crippen LogP contribution >= 0.6 is 0 Å². The molecule has 0 aliphatic heterocycles. The average Bonchev–Trinajstić information content (AvgIpc) is 3.30. The van der Waals surface area contributed by atoms with Crippen molar-refractivity contribution in [1.29, 1.82) is 5.26 Å². The van der Waals surface area contributed by atoms with Gasteiger partial charge >= 0.3 is 0 Å². The first-order valence-electron chi connectivity index (χ1n) is 7.06. The maximum atomic E-state index is 12.0. The molecule has 4 heteroatoms. The highest BCUT2D eigenvalue weighted by Gasteiger charge is 2.42. The molecule has 0 bridgehead atoms. The fourth-order valence-electron chi connectivity index (χ4n) is 2.32. The van der Waals surface area contributed by atoms with Crippen molar-refractivity contribution in [3.8, 4) is 6.07 Å². The van der Waals surface area contributed by atoms with Crippen molar-refractivity contribution < 1.29 is 4.79 Å². The van der Waals surface area contributed by atoms with Gasteiger partial charge in [0.2, 0.25) is 5.91 Å². The van der Waals surface area contributed by atoms with E-state index in [1.54, 1.807) is 0 Å². The van der Waals surface area contributed by atoms with Gasteiger partial charge in [0.25, 0.3) is 0 Å². The van der Waals surface area contributed by atoms with Gasteiger partial charge in [-0.05, 0) is 38.2 Å². The summed E-state index contributed by atoms with van der Waals surface area (Å²) in [5.41, 5.74) is 0.430. The molecule has 1 saturated carbocycles. The van der Waals surface area contributed by atoms with Gasteiger partial charge in [0, 0.05) is 6.04 Å². The Morgan fingerprint density at radius 3 is 2.65 bits per heavy atom. The first kappa shape index (κ1) is 14.5. The van der Waals surface area contributed by atoms with Crippen molar-refractivity contribution in [1.82, 2.24) is 10.6 Å². The van der Waals surface area contributed by atoms with Gasteiger partial charge in [0.15, 0.2) is 0 Å². The molecule has 0 radical (unpaired) electrons. The Bertz CT molecular complexity index is 504. The fourth-order valence-corrected chi connectivity index (χ4v) is 2.32. The number of carbonyl (C=O) groups excluding carboxylic acids is 1. The third kappa shape index (κ3) is 3.58. The maximum Gasteiger partial charge on any atom is 0.235 e. The summed E-state index contributed by atoms with van der Waals surface area (Å²) in [5.74, 6) is 0.187. The molecule has 1 aromatic rings. The van der Waals surface area contributed by atoms with Crippen LogP contribution in [0.5, 0.6) is 0 Å². The summed E-state index contributed by atoms with van der Waals surface area (Å²) in [5, 5.41) is 15.2. The number of nitrogens with zero attached hydrogens (tertiary/aromatic N) is 1. The number of hydrogen-bond donors (Lipinski definition) is 2. The summed E-state index contributed by atoms with van der Waals surface area (Å²) in [4.78, 5) is 12.0. The van der Waals surface area contributed by atoms with Gasteiger partial charge in [0.1, 0.15) is 5.54 Å². The topological polar surface area (TPSA) is 64.9 Å². The second kappa shape index (κ2) is 6.06. The molecule has 1 aliphatic carbocycles. The van der Waals surface area contributed by atoms with Gasteiger partial charge in [-0.25, -0.2) is 0 Å². The summed E-state index contributed by atoms with van der Waals surface area (Å²) in [6.07, 6.45) is 2.05. The monoisotopic (exact) mass is 271 g/mol. The number of amides is 1. The Balaban J connectivity index is 1.82. The van der Waals surface area contributed by atoms with E-state index in [-0.39, 0.29) is 18.5 Å². The van der Waals surface area contributed by atoms with Crippen molar-refractivity contribution in [2.24, 2.45) is 5.92 Å². The molecule has 20 heavy (non-hydrogen) atoms. The van der Waals surface area contributed by atoms with Crippen molar-refractivity contribution in [2.45, 2.75) is 38.3 Å². The van der Waals surface area contributed by atoms with E-state index in [1.807, 2.05) is 44.2 Å². The van der Waals surface area contributed by atoms with Crippen LogP contribution in [-0.4, -0.2) is 18.0 Å². The van der Waals surface area contributed by atoms with Crippen LogP contribution in [-0.2, 0) is 4.79 Å². The van der Waals surface area contributed by atoms with E-state index in [0.717, 1.165) is 18.4 Å². The predicted molar refractivity (Wildman–Crippen MR) is 77.7 cm³/mol. The lowest BCUT2D eigenvalue weighted by atomic mass is 9.98. The Kier molecular flexibility index (Phi) is 4.41. The van der Waals surface area contributed by atoms with E-state index < -0.39 is 5.54 Å². The molecule has 1 aromatic carbocycles. The maximum absolute atomic E-state index is 12.0. The minimum absolute atomic E-state index is 0.108. The summed E-state index contributed by atoms with van der Waals surface area (Å²) >= 11 is 0. The summed E-state index contributed by atoms with van der Waals surface area (Å²) in [6, 6.07) is 12.3. The number of carbonyl (C=O) groups is 1. The zero-order valence-electron chi connectivity index (χ0n) is 12.0. The van der Waals surface area contributed by atoms with Gasteiger partial charge in [-0.2, -0.15) is 5.26 Å². The van der Waals surface area contributed by atoms with Crippen LogP contribution in [0.1, 0.15) is 38.3 Å².